The number of rotatable bonds is 3. The molecule has 0 radical (unpaired) electrons. The fourth-order valence-electron chi connectivity index (χ4n) is 3.97. The molecule has 3 heterocycles. The number of hydrogen-bond acceptors (Lipinski definition) is 4. The van der Waals surface area contributed by atoms with Crippen molar-refractivity contribution >= 4 is 22.0 Å². The van der Waals surface area contributed by atoms with E-state index in [1.165, 1.54) is 10.6 Å². The molecule has 1 aromatic carbocycles. The standard InChI is InChI=1S/C19H21N3O3S/c1-26(24,25)22-14-19(11-15-6-2-3-8-17(15)22)12-21(13-19)18(23)10-16-7-4-5-9-20-16/h2-9H,10-14H2,1H3. The highest BCUT2D eigenvalue weighted by Crippen LogP contribution is 2.44. The van der Waals surface area contributed by atoms with E-state index in [4.69, 9.17) is 0 Å². The lowest BCUT2D eigenvalue weighted by molar-refractivity contribution is -0.142. The lowest BCUT2D eigenvalue weighted by atomic mass is 9.72. The Labute approximate surface area is 154 Å². The maximum absolute atomic E-state index is 12.5. The van der Waals surface area contributed by atoms with E-state index >= 15 is 0 Å². The van der Waals surface area contributed by atoms with Crippen LogP contribution < -0.4 is 4.31 Å². The van der Waals surface area contributed by atoms with E-state index in [1.807, 2.05) is 47.4 Å². The fraction of sp³-hybridized carbons (Fsp3) is 0.368. The zero-order chi connectivity index (χ0) is 18.4. The van der Waals surface area contributed by atoms with E-state index in [9.17, 15) is 13.6 Å². The molecule has 26 heavy (non-hydrogen) atoms. The first kappa shape index (κ1) is 17.2. The summed E-state index contributed by atoms with van der Waals surface area (Å²) >= 11 is 0. The summed E-state index contributed by atoms with van der Waals surface area (Å²) in [5.41, 5.74) is 2.35. The van der Waals surface area contributed by atoms with Gasteiger partial charge in [-0.2, -0.15) is 4.31 Å². The minimum absolute atomic E-state index is 0.0408. The van der Waals surface area contributed by atoms with Crippen molar-refractivity contribution in [1.29, 1.82) is 0 Å². The molecule has 1 spiro atoms. The van der Waals surface area contributed by atoms with Crippen molar-refractivity contribution in [2.75, 3.05) is 30.2 Å². The molecule has 1 fully saturated rings. The highest BCUT2D eigenvalue weighted by atomic mass is 32.3. The van der Waals surface area contributed by atoms with Gasteiger partial charge in [-0.05, 0) is 30.2 Å². The van der Waals surface area contributed by atoms with Gasteiger partial charge in [0.1, 0.15) is 16.7 Å². The lowest BCUT2D eigenvalue weighted by Gasteiger charge is -2.54. The summed E-state index contributed by atoms with van der Waals surface area (Å²) in [5.74, 6) is 0.0408. The summed E-state index contributed by atoms with van der Waals surface area (Å²) in [6, 6.07) is 13.2. The summed E-state index contributed by atoms with van der Waals surface area (Å²) in [5, 5.41) is 0. The molecular weight excluding hydrogens is 350 g/mol. The maximum Gasteiger partial charge on any atom is 0.228 e. The Hall–Kier alpha value is -2.25. The number of pyridine rings is 1. The molecule has 1 saturated heterocycles. The number of aromatic nitrogens is 1. The van der Waals surface area contributed by atoms with Crippen LogP contribution in [0, 0.1) is 5.41 Å². The van der Waals surface area contributed by atoms with Crippen LogP contribution in [0.2, 0.25) is 0 Å². The third kappa shape index (κ3) is 3.12. The molecule has 2 aromatic rings. The summed E-state index contributed by atoms with van der Waals surface area (Å²) in [6.45, 7) is 1.59. The Morgan fingerprint density at radius 3 is 2.62 bits per heavy atom. The second-order valence-electron chi connectivity index (χ2n) is 7.32. The topological polar surface area (TPSA) is 76.6 Å². The van der Waals surface area contributed by atoms with Crippen LogP contribution in [0.1, 0.15) is 11.3 Å². The van der Waals surface area contributed by atoms with Crippen molar-refractivity contribution in [1.82, 2.24) is 9.88 Å². The monoisotopic (exact) mass is 371 g/mol. The van der Waals surface area contributed by atoms with Gasteiger partial charge >= 0.3 is 0 Å². The molecule has 0 N–H and O–H groups in total. The zero-order valence-corrected chi connectivity index (χ0v) is 15.4. The molecule has 2 aliphatic rings. The summed E-state index contributed by atoms with van der Waals surface area (Å²) in [4.78, 5) is 18.5. The predicted octanol–water partition coefficient (Wildman–Crippen LogP) is 1.69. The number of benzene rings is 1. The molecule has 1 atom stereocenters. The number of carbonyl (C=O) groups excluding carboxylic acids is 1. The number of para-hydroxylation sites is 1. The fourth-order valence-corrected chi connectivity index (χ4v) is 5.01. The van der Waals surface area contributed by atoms with E-state index in [1.54, 1.807) is 6.20 Å². The molecule has 136 valence electrons. The predicted molar refractivity (Wildman–Crippen MR) is 99.2 cm³/mol. The number of carbonyl (C=O) groups is 1. The van der Waals surface area contributed by atoms with Gasteiger partial charge in [-0.1, -0.05) is 28.5 Å². The lowest BCUT2D eigenvalue weighted by Crippen LogP contribution is -2.66. The minimum atomic E-state index is -3.35. The van der Waals surface area contributed by atoms with E-state index in [0.717, 1.165) is 23.4 Å². The summed E-state index contributed by atoms with van der Waals surface area (Å²) in [7, 11) is -3.35. The number of amides is 1. The van der Waals surface area contributed by atoms with Gasteiger partial charge in [0.2, 0.25) is 5.91 Å². The van der Waals surface area contributed by atoms with E-state index in [0.29, 0.717) is 19.6 Å². The molecule has 7 heteroatoms. The number of anilines is 1. The Morgan fingerprint density at radius 2 is 1.92 bits per heavy atom. The highest BCUT2D eigenvalue weighted by Gasteiger charge is 2.51. The van der Waals surface area contributed by atoms with Gasteiger partial charge in [-0.25, -0.2) is 0 Å². The number of likely N-dealkylation sites (tertiary alicyclic amines) is 1. The Kier molecular flexibility index (Phi) is 4.08. The molecular formula is C19H21N3O3S. The van der Waals surface area contributed by atoms with Gasteiger partial charge < -0.3 is 9.45 Å². The molecule has 1 aromatic heterocycles. The molecule has 1 unspecified atom stereocenters. The van der Waals surface area contributed by atoms with Crippen molar-refractivity contribution in [3.8, 4) is 0 Å². The Morgan fingerprint density at radius 1 is 1.19 bits per heavy atom. The zero-order valence-electron chi connectivity index (χ0n) is 14.6. The highest BCUT2D eigenvalue weighted by molar-refractivity contribution is 7.98. The van der Waals surface area contributed by atoms with Crippen LogP contribution in [0.25, 0.3) is 0 Å². The molecule has 2 aliphatic heterocycles. The first-order valence-electron chi connectivity index (χ1n) is 8.60. The van der Waals surface area contributed by atoms with Crippen LogP contribution in [0.5, 0.6) is 0 Å². The van der Waals surface area contributed by atoms with Crippen LogP contribution in [0.3, 0.4) is 0 Å². The molecule has 0 bridgehead atoms. The number of sulfonamides is 1. The number of hydrogen-bond donors (Lipinski definition) is 0. The number of fused-ring (bicyclic) bond motifs is 1. The van der Waals surface area contributed by atoms with E-state index in [-0.39, 0.29) is 17.7 Å². The van der Waals surface area contributed by atoms with Crippen LogP contribution in [0.15, 0.2) is 48.7 Å². The van der Waals surface area contributed by atoms with E-state index < -0.39 is 10.4 Å². The van der Waals surface area contributed by atoms with Gasteiger partial charge in [-0.3, -0.25) is 9.78 Å². The third-order valence-corrected chi connectivity index (χ3v) is 6.30. The summed E-state index contributed by atoms with van der Waals surface area (Å²) < 4.78 is 26.0. The normalized spacial score (nSPS) is 20.2. The van der Waals surface area contributed by atoms with Crippen molar-refractivity contribution in [3.63, 3.8) is 0 Å². The maximum atomic E-state index is 12.5. The van der Waals surface area contributed by atoms with Crippen LogP contribution in [-0.4, -0.2) is 46.2 Å². The van der Waals surface area contributed by atoms with Gasteiger partial charge in [0.05, 0.1) is 18.7 Å². The number of nitrogens with zero attached hydrogens (tertiary/aromatic N) is 3. The minimum Gasteiger partial charge on any atom is -0.593 e. The first-order valence-corrected chi connectivity index (χ1v) is 10.4. The van der Waals surface area contributed by atoms with Gasteiger partial charge in [-0.15, -0.1) is 0 Å². The molecule has 6 nitrogen and oxygen atoms in total. The quantitative estimate of drug-likeness (QED) is 0.770. The van der Waals surface area contributed by atoms with Crippen LogP contribution in [-0.2, 0) is 32.2 Å². The molecule has 1 amide bonds. The van der Waals surface area contributed by atoms with Crippen molar-refractivity contribution < 1.29 is 13.6 Å². The largest absolute Gasteiger partial charge is 0.593 e. The Balaban J connectivity index is 1.50. The van der Waals surface area contributed by atoms with Crippen LogP contribution in [0.4, 0.5) is 5.69 Å². The van der Waals surface area contributed by atoms with Crippen molar-refractivity contribution in [2.24, 2.45) is 5.41 Å². The average Bonchev–Trinajstić information content (AvgIpc) is 2.58. The third-order valence-electron chi connectivity index (χ3n) is 5.17. The first-order chi connectivity index (χ1) is 12.4. The Bertz CT molecular complexity index is 875. The summed E-state index contributed by atoms with van der Waals surface area (Å²) in [6.07, 6.45) is 4.00. The molecule has 0 saturated carbocycles. The SMILES string of the molecule is C[S+](=O)([O-])N1CC2(Cc3ccccc31)CN(C(=O)Cc1ccccn1)C2. The van der Waals surface area contributed by atoms with Crippen molar-refractivity contribution in [2.45, 2.75) is 12.8 Å². The van der Waals surface area contributed by atoms with Crippen LogP contribution >= 0.6 is 0 Å². The second kappa shape index (κ2) is 6.17. The van der Waals surface area contributed by atoms with Gasteiger partial charge in [0.25, 0.3) is 0 Å². The van der Waals surface area contributed by atoms with Crippen molar-refractivity contribution in [3.05, 3.63) is 59.9 Å². The van der Waals surface area contributed by atoms with E-state index in [2.05, 4.69) is 4.98 Å². The van der Waals surface area contributed by atoms with Gasteiger partial charge in [0, 0.05) is 30.4 Å². The van der Waals surface area contributed by atoms with Gasteiger partial charge in [0.15, 0.2) is 0 Å². The second-order valence-corrected chi connectivity index (χ2v) is 9.23. The molecule has 0 aliphatic carbocycles. The smallest absolute Gasteiger partial charge is 0.228 e. The molecule has 4 rings (SSSR count). The average molecular weight is 371 g/mol.